The third-order valence-electron chi connectivity index (χ3n) is 5.38. The first kappa shape index (κ1) is 14.9. The second-order valence-corrected chi connectivity index (χ2v) is 6.63. The number of hydrogen-bond donors (Lipinski definition) is 2. The van der Waals surface area contributed by atoms with Gasteiger partial charge in [0.2, 0.25) is 5.91 Å². The molecule has 3 heterocycles. The number of nitrogen functional groups attached to an aromatic ring is 1. The van der Waals surface area contributed by atoms with E-state index in [1.807, 2.05) is 0 Å². The number of carboxylic acids is 1. The van der Waals surface area contributed by atoms with Gasteiger partial charge in [-0.3, -0.25) is 9.59 Å². The molecule has 2 atom stereocenters. The molecule has 0 aromatic carbocycles. The summed E-state index contributed by atoms with van der Waals surface area (Å²) < 4.78 is 1.62. The van der Waals surface area contributed by atoms with E-state index in [-0.39, 0.29) is 30.7 Å². The van der Waals surface area contributed by atoms with Crippen LogP contribution in [0.15, 0.2) is 12.7 Å². The van der Waals surface area contributed by atoms with Gasteiger partial charge in [-0.1, -0.05) is 6.42 Å². The van der Waals surface area contributed by atoms with E-state index in [1.54, 1.807) is 9.47 Å². The number of hydrogen-bond acceptors (Lipinski definition) is 6. The molecule has 1 aliphatic heterocycles. The van der Waals surface area contributed by atoms with Gasteiger partial charge < -0.3 is 20.3 Å². The summed E-state index contributed by atoms with van der Waals surface area (Å²) >= 11 is 0. The quantitative estimate of drug-likeness (QED) is 0.818. The third-order valence-corrected chi connectivity index (χ3v) is 5.38. The van der Waals surface area contributed by atoms with Gasteiger partial charge in [0.1, 0.15) is 18.4 Å². The van der Waals surface area contributed by atoms with Gasteiger partial charge in [0.15, 0.2) is 11.5 Å². The summed E-state index contributed by atoms with van der Waals surface area (Å²) in [5.41, 5.74) is 5.95. The van der Waals surface area contributed by atoms with Crippen molar-refractivity contribution < 1.29 is 14.7 Å². The number of rotatable bonds is 3. The average Bonchev–Trinajstić information content (AvgIpc) is 3.20. The molecule has 0 bridgehead atoms. The van der Waals surface area contributed by atoms with Crippen LogP contribution in [0.1, 0.15) is 19.3 Å². The van der Waals surface area contributed by atoms with Gasteiger partial charge in [-0.15, -0.1) is 0 Å². The van der Waals surface area contributed by atoms with E-state index in [9.17, 15) is 14.7 Å². The summed E-state index contributed by atoms with van der Waals surface area (Å²) in [7, 11) is 0. The van der Waals surface area contributed by atoms with Crippen molar-refractivity contribution >= 4 is 28.9 Å². The number of carboxylic acid groups (broad SMARTS) is 1. The fraction of sp³-hybridized carbons (Fsp3) is 0.533. The summed E-state index contributed by atoms with van der Waals surface area (Å²) in [5.74, 6) is -0.585. The van der Waals surface area contributed by atoms with Gasteiger partial charge in [0.05, 0.1) is 11.7 Å². The highest BCUT2D eigenvalue weighted by atomic mass is 16.4. The van der Waals surface area contributed by atoms with Crippen LogP contribution in [0.5, 0.6) is 0 Å². The molecule has 2 aromatic rings. The first-order chi connectivity index (χ1) is 11.5. The van der Waals surface area contributed by atoms with Gasteiger partial charge in [-0.25, -0.2) is 15.0 Å². The average molecular weight is 330 g/mol. The van der Waals surface area contributed by atoms with Crippen molar-refractivity contribution in [3.63, 3.8) is 0 Å². The third kappa shape index (κ3) is 2.04. The van der Waals surface area contributed by atoms with Crippen molar-refractivity contribution in [3.05, 3.63) is 12.7 Å². The molecule has 0 spiro atoms. The zero-order chi connectivity index (χ0) is 16.9. The van der Waals surface area contributed by atoms with Crippen LogP contribution in [0.4, 0.5) is 5.82 Å². The Bertz CT molecular complexity index is 834. The molecule has 0 unspecified atom stereocenters. The second kappa shape index (κ2) is 5.15. The van der Waals surface area contributed by atoms with Crippen LogP contribution in [-0.4, -0.2) is 54.5 Å². The predicted octanol–water partition coefficient (Wildman–Crippen LogP) is 0.122. The smallest absolute Gasteiger partial charge is 0.311 e. The van der Waals surface area contributed by atoms with Gasteiger partial charge in [-0.05, 0) is 18.8 Å². The first-order valence-electron chi connectivity index (χ1n) is 7.94. The molecule has 1 aliphatic carbocycles. The number of nitrogens with two attached hydrogens (primary N) is 1. The molecular formula is C15H18N6O3. The van der Waals surface area contributed by atoms with Crippen LogP contribution >= 0.6 is 0 Å². The van der Waals surface area contributed by atoms with Gasteiger partial charge >= 0.3 is 5.97 Å². The summed E-state index contributed by atoms with van der Waals surface area (Å²) in [6.07, 6.45) is 5.28. The molecule has 0 radical (unpaired) electrons. The Kier molecular flexibility index (Phi) is 3.19. The van der Waals surface area contributed by atoms with E-state index in [1.165, 1.54) is 12.7 Å². The zero-order valence-electron chi connectivity index (χ0n) is 13.1. The van der Waals surface area contributed by atoms with Crippen molar-refractivity contribution in [2.75, 3.05) is 18.8 Å². The summed E-state index contributed by atoms with van der Waals surface area (Å²) in [6.45, 7) is 0.861. The molecular weight excluding hydrogens is 312 g/mol. The molecule has 9 heteroatoms. The van der Waals surface area contributed by atoms with Crippen molar-refractivity contribution in [1.82, 2.24) is 24.4 Å². The Morgan fingerprint density at radius 1 is 1.38 bits per heavy atom. The highest BCUT2D eigenvalue weighted by Gasteiger charge is 2.55. The maximum atomic E-state index is 12.6. The number of imidazole rings is 1. The van der Waals surface area contributed by atoms with E-state index in [2.05, 4.69) is 15.0 Å². The maximum absolute atomic E-state index is 12.6. The normalized spacial score (nSPS) is 26.0. The van der Waals surface area contributed by atoms with Crippen LogP contribution < -0.4 is 5.73 Å². The van der Waals surface area contributed by atoms with Crippen molar-refractivity contribution in [2.24, 2.45) is 11.3 Å². The summed E-state index contributed by atoms with van der Waals surface area (Å²) in [6, 6.07) is 0. The molecule has 2 fully saturated rings. The van der Waals surface area contributed by atoms with E-state index in [4.69, 9.17) is 5.73 Å². The number of aliphatic carboxylic acids is 1. The molecule has 1 amide bonds. The SMILES string of the molecule is Nc1ncnc2c1ncn2CC(=O)N1C[C@@H]2CCC[C@@]2(C(=O)O)C1. The van der Waals surface area contributed by atoms with Crippen molar-refractivity contribution in [2.45, 2.75) is 25.8 Å². The number of fused-ring (bicyclic) bond motifs is 2. The van der Waals surface area contributed by atoms with E-state index in [0.29, 0.717) is 24.1 Å². The number of likely N-dealkylation sites (tertiary alicyclic amines) is 1. The van der Waals surface area contributed by atoms with Crippen molar-refractivity contribution in [3.8, 4) is 0 Å². The largest absolute Gasteiger partial charge is 0.481 e. The van der Waals surface area contributed by atoms with Gasteiger partial charge in [0.25, 0.3) is 0 Å². The minimum atomic E-state index is -0.783. The molecule has 126 valence electrons. The lowest BCUT2D eigenvalue weighted by Crippen LogP contribution is -2.38. The Morgan fingerprint density at radius 3 is 2.96 bits per heavy atom. The molecule has 24 heavy (non-hydrogen) atoms. The minimum Gasteiger partial charge on any atom is -0.481 e. The standard InChI is InChI=1S/C15H18N6O3/c16-12-11-13(18-7-17-12)21(8-19-11)5-10(22)20-4-9-2-1-3-15(9,6-20)14(23)24/h7-9H,1-6H2,(H,23,24)(H2,16,17,18)/t9-,15+/m0/s1. The zero-order valence-corrected chi connectivity index (χ0v) is 13.1. The molecule has 2 aromatic heterocycles. The molecule has 1 saturated carbocycles. The lowest BCUT2D eigenvalue weighted by Gasteiger charge is -2.23. The monoisotopic (exact) mass is 330 g/mol. The second-order valence-electron chi connectivity index (χ2n) is 6.63. The Balaban J connectivity index is 1.55. The highest BCUT2D eigenvalue weighted by molar-refractivity contribution is 5.84. The fourth-order valence-electron chi connectivity index (χ4n) is 4.09. The molecule has 4 rings (SSSR count). The van der Waals surface area contributed by atoms with Crippen molar-refractivity contribution in [1.29, 1.82) is 0 Å². The molecule has 9 nitrogen and oxygen atoms in total. The van der Waals surface area contributed by atoms with Gasteiger partial charge in [-0.2, -0.15) is 0 Å². The lowest BCUT2D eigenvalue weighted by molar-refractivity contribution is -0.149. The highest BCUT2D eigenvalue weighted by Crippen LogP contribution is 2.48. The van der Waals surface area contributed by atoms with E-state index < -0.39 is 11.4 Å². The number of aromatic nitrogens is 4. The summed E-state index contributed by atoms with van der Waals surface area (Å²) in [5, 5.41) is 9.62. The van der Waals surface area contributed by atoms with Crippen LogP contribution in [-0.2, 0) is 16.1 Å². The minimum absolute atomic E-state index is 0.0523. The maximum Gasteiger partial charge on any atom is 0.311 e. The van der Waals surface area contributed by atoms with Crippen LogP contribution in [0, 0.1) is 11.3 Å². The number of nitrogens with zero attached hydrogens (tertiary/aromatic N) is 5. The Hall–Kier alpha value is -2.71. The predicted molar refractivity (Wildman–Crippen MR) is 83.7 cm³/mol. The first-order valence-corrected chi connectivity index (χ1v) is 7.94. The topological polar surface area (TPSA) is 127 Å². The molecule has 1 saturated heterocycles. The Labute approximate surface area is 137 Å². The van der Waals surface area contributed by atoms with Crippen LogP contribution in [0.3, 0.4) is 0 Å². The number of amides is 1. The molecule has 3 N–H and O–H groups in total. The van der Waals surface area contributed by atoms with Crippen LogP contribution in [0.2, 0.25) is 0 Å². The lowest BCUT2D eigenvalue weighted by atomic mass is 9.81. The van der Waals surface area contributed by atoms with Gasteiger partial charge in [0, 0.05) is 13.1 Å². The number of carbonyl (C=O) groups is 2. The number of carbonyl (C=O) groups excluding carboxylic acids is 1. The fourth-order valence-corrected chi connectivity index (χ4v) is 4.09. The molecule has 2 aliphatic rings. The van der Waals surface area contributed by atoms with E-state index in [0.717, 1.165) is 12.8 Å². The van der Waals surface area contributed by atoms with Crippen LogP contribution in [0.25, 0.3) is 11.2 Å². The summed E-state index contributed by atoms with van der Waals surface area (Å²) in [4.78, 5) is 38.2. The Morgan fingerprint density at radius 2 is 2.21 bits per heavy atom. The van der Waals surface area contributed by atoms with E-state index >= 15 is 0 Å². The number of anilines is 1.